The van der Waals surface area contributed by atoms with Gasteiger partial charge in [0.15, 0.2) is 5.78 Å². The lowest BCUT2D eigenvalue weighted by molar-refractivity contribution is -0.373. The number of likely N-dealkylation sites (tertiary alicyclic amines) is 1. The van der Waals surface area contributed by atoms with Gasteiger partial charge in [0, 0.05) is 12.5 Å². The largest absolute Gasteiger partial charge is 0.481 e. The molecule has 0 aromatic rings. The first-order valence-electron chi connectivity index (χ1n) is 10.0. The number of hydrogen-bond donors (Lipinski definition) is 1. The predicted octanol–water partition coefficient (Wildman–Crippen LogP) is 3.78. The highest BCUT2D eigenvalue weighted by molar-refractivity contribution is 5.91. The SMILES string of the molecule is CC(C)(C)OC(=O)N1[C@@H]2C[C@@H]2C[C@H]1C(=O)C[C@H](C(=O)O)C12CC(C(F)(F)F)(C1)C2. The van der Waals surface area contributed by atoms with Gasteiger partial charge >= 0.3 is 18.2 Å². The average Bonchev–Trinajstić information content (AvgIpc) is 3.09. The maximum absolute atomic E-state index is 13.1. The molecule has 0 spiro atoms. The maximum Gasteiger partial charge on any atom is 0.411 e. The molecule has 4 saturated carbocycles. The van der Waals surface area contributed by atoms with E-state index in [0.29, 0.717) is 6.42 Å². The number of carboxylic acid groups (broad SMARTS) is 1. The zero-order chi connectivity index (χ0) is 21.6. The highest BCUT2D eigenvalue weighted by Gasteiger charge is 2.80. The summed E-state index contributed by atoms with van der Waals surface area (Å²) in [4.78, 5) is 38.8. The number of rotatable bonds is 5. The Kier molecular flexibility index (Phi) is 4.15. The third-order valence-electron chi connectivity index (χ3n) is 7.20. The quantitative estimate of drug-likeness (QED) is 0.736. The molecule has 1 aliphatic heterocycles. The van der Waals surface area contributed by atoms with Gasteiger partial charge < -0.3 is 9.84 Å². The number of carbonyl (C=O) groups excluding carboxylic acids is 2. The number of ether oxygens (including phenoxy) is 1. The molecule has 0 aromatic heterocycles. The zero-order valence-electron chi connectivity index (χ0n) is 16.7. The Morgan fingerprint density at radius 2 is 1.72 bits per heavy atom. The second kappa shape index (κ2) is 5.88. The van der Waals surface area contributed by atoms with Crippen molar-refractivity contribution in [3.05, 3.63) is 0 Å². The third-order valence-corrected chi connectivity index (χ3v) is 7.20. The Balaban J connectivity index is 1.44. The molecular weight excluding hydrogens is 391 g/mol. The number of fused-ring (bicyclic) bond motifs is 1. The van der Waals surface area contributed by atoms with E-state index < -0.39 is 46.6 Å². The topological polar surface area (TPSA) is 83.9 Å². The van der Waals surface area contributed by atoms with E-state index in [0.717, 1.165) is 6.42 Å². The first kappa shape index (κ1) is 20.5. The van der Waals surface area contributed by atoms with Gasteiger partial charge in [0.2, 0.25) is 0 Å². The van der Waals surface area contributed by atoms with E-state index in [1.165, 1.54) is 4.90 Å². The molecule has 0 unspecified atom stereocenters. The van der Waals surface area contributed by atoms with E-state index in [4.69, 9.17) is 4.74 Å². The van der Waals surface area contributed by atoms with Gasteiger partial charge in [-0.3, -0.25) is 14.5 Å². The lowest BCUT2D eigenvalue weighted by Gasteiger charge is -2.72. The van der Waals surface area contributed by atoms with Gasteiger partial charge in [0.25, 0.3) is 0 Å². The van der Waals surface area contributed by atoms with Gasteiger partial charge in [-0.15, -0.1) is 0 Å². The van der Waals surface area contributed by atoms with Crippen LogP contribution in [-0.4, -0.2) is 51.7 Å². The van der Waals surface area contributed by atoms with E-state index in [1.54, 1.807) is 20.8 Å². The van der Waals surface area contributed by atoms with Gasteiger partial charge in [-0.1, -0.05) is 0 Å². The number of carboxylic acids is 1. The summed E-state index contributed by atoms with van der Waals surface area (Å²) in [7, 11) is 0. The monoisotopic (exact) mass is 417 g/mol. The minimum Gasteiger partial charge on any atom is -0.481 e. The number of amides is 1. The number of Topliss-reactive ketones (excluding diaryl/α,β-unsaturated/α-hetero) is 1. The van der Waals surface area contributed by atoms with Crippen LogP contribution in [0.15, 0.2) is 0 Å². The van der Waals surface area contributed by atoms with Crippen molar-refractivity contribution < 1.29 is 37.4 Å². The van der Waals surface area contributed by atoms with Crippen molar-refractivity contribution in [3.8, 4) is 0 Å². The summed E-state index contributed by atoms with van der Waals surface area (Å²) in [5, 5.41) is 9.63. The summed E-state index contributed by atoms with van der Waals surface area (Å²) in [5.41, 5.74) is -3.43. The normalized spacial score (nSPS) is 38.4. The molecule has 162 valence electrons. The minimum absolute atomic E-state index is 0.0643. The summed E-state index contributed by atoms with van der Waals surface area (Å²) < 4.78 is 44.8. The lowest BCUT2D eigenvalue weighted by Crippen LogP contribution is -2.71. The van der Waals surface area contributed by atoms with Crippen LogP contribution >= 0.6 is 0 Å². The van der Waals surface area contributed by atoms with Gasteiger partial charge in [-0.05, 0) is 64.2 Å². The predicted molar refractivity (Wildman–Crippen MR) is 93.9 cm³/mol. The van der Waals surface area contributed by atoms with Crippen LogP contribution in [0.2, 0.25) is 0 Å². The van der Waals surface area contributed by atoms with Crippen LogP contribution in [-0.2, 0) is 14.3 Å². The highest BCUT2D eigenvalue weighted by Crippen LogP contribution is 2.81. The van der Waals surface area contributed by atoms with Crippen molar-refractivity contribution in [1.29, 1.82) is 0 Å². The van der Waals surface area contributed by atoms with E-state index in [-0.39, 0.29) is 43.4 Å². The summed E-state index contributed by atoms with van der Waals surface area (Å²) in [6.07, 6.45) is -4.67. The zero-order valence-corrected chi connectivity index (χ0v) is 16.7. The number of carbonyl (C=O) groups is 3. The van der Waals surface area contributed by atoms with Crippen molar-refractivity contribution in [3.63, 3.8) is 0 Å². The van der Waals surface area contributed by atoms with Crippen LogP contribution in [0.25, 0.3) is 0 Å². The number of ketones is 1. The Labute approximate surface area is 166 Å². The fourth-order valence-electron chi connectivity index (χ4n) is 5.76. The first-order valence-corrected chi connectivity index (χ1v) is 10.0. The van der Waals surface area contributed by atoms with Crippen LogP contribution in [0.3, 0.4) is 0 Å². The molecule has 5 fully saturated rings. The van der Waals surface area contributed by atoms with Crippen molar-refractivity contribution in [2.45, 2.75) is 83.2 Å². The second-order valence-electron chi connectivity index (χ2n) is 10.4. The minimum atomic E-state index is -4.33. The summed E-state index contributed by atoms with van der Waals surface area (Å²) in [5.74, 6) is -2.55. The van der Waals surface area contributed by atoms with Crippen molar-refractivity contribution in [2.75, 3.05) is 0 Å². The van der Waals surface area contributed by atoms with E-state index in [2.05, 4.69) is 0 Å². The molecule has 5 rings (SSSR count). The molecule has 2 bridgehead atoms. The summed E-state index contributed by atoms with van der Waals surface area (Å²) in [6, 6.07) is -0.815. The van der Waals surface area contributed by atoms with Crippen LogP contribution in [0, 0.1) is 22.7 Å². The van der Waals surface area contributed by atoms with Crippen LogP contribution in [0.5, 0.6) is 0 Å². The molecule has 6 nitrogen and oxygen atoms in total. The summed E-state index contributed by atoms with van der Waals surface area (Å²) >= 11 is 0. The molecule has 0 radical (unpaired) electrons. The number of hydrogen-bond acceptors (Lipinski definition) is 4. The number of aliphatic carboxylic acids is 1. The molecule has 4 aliphatic carbocycles. The Hall–Kier alpha value is -1.80. The van der Waals surface area contributed by atoms with Gasteiger partial charge in [0.05, 0.1) is 17.4 Å². The fraction of sp³-hybridized carbons (Fsp3) is 0.850. The molecule has 0 aromatic carbocycles. The summed E-state index contributed by atoms with van der Waals surface area (Å²) in [6.45, 7) is 5.17. The van der Waals surface area contributed by atoms with E-state index >= 15 is 0 Å². The molecular formula is C20H26F3NO5. The van der Waals surface area contributed by atoms with E-state index in [1.807, 2.05) is 0 Å². The van der Waals surface area contributed by atoms with Gasteiger partial charge in [-0.25, -0.2) is 4.79 Å². The molecule has 29 heavy (non-hydrogen) atoms. The van der Waals surface area contributed by atoms with Crippen LogP contribution in [0.4, 0.5) is 18.0 Å². The van der Waals surface area contributed by atoms with Crippen LogP contribution in [0.1, 0.15) is 59.3 Å². The van der Waals surface area contributed by atoms with Gasteiger partial charge in [0.1, 0.15) is 5.60 Å². The number of piperidine rings is 1. The second-order valence-corrected chi connectivity index (χ2v) is 10.4. The Morgan fingerprint density at radius 1 is 1.14 bits per heavy atom. The van der Waals surface area contributed by atoms with Gasteiger partial charge in [-0.2, -0.15) is 13.2 Å². The highest BCUT2D eigenvalue weighted by atomic mass is 19.4. The Bertz CT molecular complexity index is 751. The molecule has 5 aliphatic rings. The van der Waals surface area contributed by atoms with Crippen molar-refractivity contribution in [1.82, 2.24) is 4.90 Å². The molecule has 9 heteroatoms. The first-order chi connectivity index (χ1) is 13.2. The number of alkyl halides is 3. The van der Waals surface area contributed by atoms with E-state index in [9.17, 15) is 32.7 Å². The van der Waals surface area contributed by atoms with Crippen LogP contribution < -0.4 is 0 Å². The van der Waals surface area contributed by atoms with Crippen molar-refractivity contribution in [2.24, 2.45) is 22.7 Å². The molecule has 1 N–H and O–H groups in total. The Morgan fingerprint density at radius 3 is 2.21 bits per heavy atom. The lowest BCUT2D eigenvalue weighted by atomic mass is 9.31. The number of halogens is 3. The molecule has 4 atom stereocenters. The standard InChI is InChI=1S/C20H26F3NO5/c1-17(2,3)29-16(28)24-12-4-10(12)5-13(24)14(25)6-11(15(26)27)18-7-19(8-18,9-18)20(21,22)23/h10-13H,4-9H2,1-3H3,(H,26,27)/t10-,11-,12-,13+,18?,19?/m1/s1. The smallest absolute Gasteiger partial charge is 0.411 e. The van der Waals surface area contributed by atoms with Crippen molar-refractivity contribution >= 4 is 17.8 Å². The average molecular weight is 417 g/mol. The molecule has 1 saturated heterocycles. The molecule has 1 heterocycles. The fourth-order valence-corrected chi connectivity index (χ4v) is 5.76. The molecule has 1 amide bonds. The third kappa shape index (κ3) is 3.11. The number of nitrogens with zero attached hydrogens (tertiary/aromatic N) is 1. The maximum atomic E-state index is 13.1.